The van der Waals surface area contributed by atoms with E-state index in [1.165, 1.54) is 12.3 Å². The number of aromatic nitrogens is 2. The van der Waals surface area contributed by atoms with Crippen LogP contribution in [-0.4, -0.2) is 15.9 Å². The molecule has 0 atom stereocenters. The van der Waals surface area contributed by atoms with Crippen LogP contribution < -0.4 is 5.32 Å². The van der Waals surface area contributed by atoms with Gasteiger partial charge in [-0.15, -0.1) is 0 Å². The van der Waals surface area contributed by atoms with Crippen molar-refractivity contribution in [3.63, 3.8) is 0 Å². The molecule has 0 unspecified atom stereocenters. The molecule has 4 nitrogen and oxygen atoms in total. The van der Waals surface area contributed by atoms with Crippen molar-refractivity contribution >= 4 is 5.91 Å². The molecule has 16 heavy (non-hydrogen) atoms. The van der Waals surface area contributed by atoms with Gasteiger partial charge in [-0.1, -0.05) is 0 Å². The minimum absolute atomic E-state index is 0.00513. The van der Waals surface area contributed by atoms with Crippen molar-refractivity contribution in [3.05, 3.63) is 53.9 Å². The Bertz CT molecular complexity index is 482. The van der Waals surface area contributed by atoms with Gasteiger partial charge in [-0.05, 0) is 17.7 Å². The highest BCUT2D eigenvalue weighted by atomic mass is 19.1. The number of H-pyrrole nitrogens is 1. The molecule has 0 aliphatic carbocycles. The van der Waals surface area contributed by atoms with Gasteiger partial charge in [0.05, 0.1) is 11.8 Å². The van der Waals surface area contributed by atoms with E-state index in [4.69, 9.17) is 0 Å². The number of amides is 1. The van der Waals surface area contributed by atoms with Crippen LogP contribution in [0.5, 0.6) is 0 Å². The second-order valence-electron chi connectivity index (χ2n) is 3.26. The Morgan fingerprint density at radius 2 is 2.38 bits per heavy atom. The molecule has 0 aliphatic heterocycles. The largest absolute Gasteiger partial charge is 0.367 e. The molecule has 2 rings (SSSR count). The van der Waals surface area contributed by atoms with E-state index in [0.29, 0.717) is 6.54 Å². The third kappa shape index (κ3) is 2.25. The summed E-state index contributed by atoms with van der Waals surface area (Å²) in [5, 5.41) is 2.62. The van der Waals surface area contributed by atoms with Gasteiger partial charge in [0.25, 0.3) is 5.91 Å². The van der Waals surface area contributed by atoms with E-state index in [9.17, 15) is 9.18 Å². The third-order valence-corrected chi connectivity index (χ3v) is 2.13. The van der Waals surface area contributed by atoms with Gasteiger partial charge in [0.1, 0.15) is 0 Å². The number of nitrogens with one attached hydrogen (secondary N) is 2. The minimum Gasteiger partial charge on any atom is -0.367 e. The summed E-state index contributed by atoms with van der Waals surface area (Å²) in [6, 6.07) is 3.19. The van der Waals surface area contributed by atoms with Crippen LogP contribution in [0.1, 0.15) is 15.9 Å². The number of carbonyl (C=O) groups is 1. The molecule has 2 aromatic heterocycles. The lowest BCUT2D eigenvalue weighted by Gasteiger charge is -2.04. The fraction of sp³-hybridized carbons (Fsp3) is 0.0909. The number of aromatic amines is 1. The predicted octanol–water partition coefficient (Wildman–Crippen LogP) is 1.48. The van der Waals surface area contributed by atoms with Crippen LogP contribution in [-0.2, 0) is 6.54 Å². The Labute approximate surface area is 91.5 Å². The summed E-state index contributed by atoms with van der Waals surface area (Å²) in [6.45, 7) is 0.365. The van der Waals surface area contributed by atoms with Crippen LogP contribution in [0.4, 0.5) is 4.39 Å². The van der Waals surface area contributed by atoms with Crippen molar-refractivity contribution in [1.29, 1.82) is 0 Å². The van der Waals surface area contributed by atoms with Crippen LogP contribution in [0.3, 0.4) is 0 Å². The van der Waals surface area contributed by atoms with Crippen LogP contribution in [0.25, 0.3) is 0 Å². The van der Waals surface area contributed by atoms with Crippen molar-refractivity contribution in [1.82, 2.24) is 15.3 Å². The number of rotatable bonds is 3. The van der Waals surface area contributed by atoms with E-state index in [0.717, 1.165) is 11.8 Å². The molecule has 0 spiro atoms. The number of nitrogens with zero attached hydrogens (tertiary/aromatic N) is 1. The maximum absolute atomic E-state index is 13.2. The Morgan fingerprint density at radius 1 is 1.50 bits per heavy atom. The van der Waals surface area contributed by atoms with Crippen molar-refractivity contribution in [2.75, 3.05) is 0 Å². The lowest BCUT2D eigenvalue weighted by molar-refractivity contribution is 0.0946. The van der Waals surface area contributed by atoms with Crippen LogP contribution >= 0.6 is 0 Å². The average molecular weight is 219 g/mol. The van der Waals surface area contributed by atoms with Gasteiger partial charge < -0.3 is 10.3 Å². The Kier molecular flexibility index (Phi) is 2.95. The second-order valence-corrected chi connectivity index (χ2v) is 3.26. The zero-order valence-corrected chi connectivity index (χ0v) is 8.40. The number of hydrogen-bond donors (Lipinski definition) is 2. The van der Waals surface area contributed by atoms with Crippen LogP contribution in [0, 0.1) is 5.82 Å². The molecule has 0 saturated heterocycles. The molecule has 82 valence electrons. The second kappa shape index (κ2) is 4.57. The highest BCUT2D eigenvalue weighted by molar-refractivity contribution is 5.94. The van der Waals surface area contributed by atoms with Crippen molar-refractivity contribution in [2.24, 2.45) is 0 Å². The summed E-state index contributed by atoms with van der Waals surface area (Å²) in [6.07, 6.45) is 5.93. The van der Waals surface area contributed by atoms with Crippen LogP contribution in [0.15, 0.2) is 36.9 Å². The maximum Gasteiger partial charge on any atom is 0.254 e. The standard InChI is InChI=1S/C11H10FN3O/c12-10-7-14-4-2-9(10)11(16)15-6-8-1-3-13-5-8/h1-5,7,13H,6H2,(H,15,16). The van der Waals surface area contributed by atoms with E-state index in [1.807, 2.05) is 6.07 Å². The van der Waals surface area contributed by atoms with Crippen molar-refractivity contribution in [3.8, 4) is 0 Å². The molecule has 0 radical (unpaired) electrons. The van der Waals surface area contributed by atoms with Gasteiger partial charge in [-0.2, -0.15) is 0 Å². The summed E-state index contributed by atoms with van der Waals surface area (Å²) in [7, 11) is 0. The van der Waals surface area contributed by atoms with Gasteiger partial charge >= 0.3 is 0 Å². The first kappa shape index (κ1) is 10.4. The lowest BCUT2D eigenvalue weighted by atomic mass is 10.2. The number of hydrogen-bond acceptors (Lipinski definition) is 2. The van der Waals surface area contributed by atoms with Gasteiger partial charge in [-0.3, -0.25) is 9.78 Å². The fourth-order valence-corrected chi connectivity index (χ4v) is 1.31. The molecule has 0 bridgehead atoms. The monoisotopic (exact) mass is 219 g/mol. The summed E-state index contributed by atoms with van der Waals surface area (Å²) in [4.78, 5) is 18.0. The highest BCUT2D eigenvalue weighted by Gasteiger charge is 2.10. The summed E-state index contributed by atoms with van der Waals surface area (Å²) in [5.41, 5.74) is 0.938. The molecule has 0 fully saturated rings. The Hall–Kier alpha value is -2.17. The molecule has 0 aliphatic rings. The van der Waals surface area contributed by atoms with E-state index < -0.39 is 11.7 Å². The smallest absolute Gasteiger partial charge is 0.254 e. The lowest BCUT2D eigenvalue weighted by Crippen LogP contribution is -2.23. The van der Waals surface area contributed by atoms with Crippen LogP contribution in [0.2, 0.25) is 0 Å². The topological polar surface area (TPSA) is 57.8 Å². The van der Waals surface area contributed by atoms with Gasteiger partial charge in [0, 0.05) is 25.1 Å². The van der Waals surface area contributed by atoms with E-state index >= 15 is 0 Å². The SMILES string of the molecule is O=C(NCc1cc[nH]c1)c1ccncc1F. The summed E-state index contributed by atoms with van der Waals surface area (Å²) < 4.78 is 13.2. The quantitative estimate of drug-likeness (QED) is 0.821. The molecule has 0 aromatic carbocycles. The molecular weight excluding hydrogens is 209 g/mol. The first-order chi connectivity index (χ1) is 7.77. The molecule has 2 heterocycles. The average Bonchev–Trinajstić information content (AvgIpc) is 2.79. The number of halogens is 1. The van der Waals surface area contributed by atoms with Gasteiger partial charge in [0.15, 0.2) is 5.82 Å². The predicted molar refractivity (Wildman–Crippen MR) is 56.2 cm³/mol. The molecule has 5 heteroatoms. The zero-order valence-electron chi connectivity index (χ0n) is 8.40. The molecule has 2 aromatic rings. The van der Waals surface area contributed by atoms with Gasteiger partial charge in [-0.25, -0.2) is 4.39 Å². The highest BCUT2D eigenvalue weighted by Crippen LogP contribution is 2.04. The normalized spacial score (nSPS) is 10.1. The fourth-order valence-electron chi connectivity index (χ4n) is 1.31. The Balaban J connectivity index is 2.01. The molecule has 1 amide bonds. The van der Waals surface area contributed by atoms with Gasteiger partial charge in [0.2, 0.25) is 0 Å². The maximum atomic E-state index is 13.2. The Morgan fingerprint density at radius 3 is 3.06 bits per heavy atom. The molecular formula is C11H10FN3O. The third-order valence-electron chi connectivity index (χ3n) is 2.13. The van der Waals surface area contributed by atoms with E-state index in [2.05, 4.69) is 15.3 Å². The minimum atomic E-state index is -0.617. The van der Waals surface area contributed by atoms with E-state index in [-0.39, 0.29) is 5.56 Å². The van der Waals surface area contributed by atoms with E-state index in [1.54, 1.807) is 12.4 Å². The summed E-state index contributed by atoms with van der Waals surface area (Å²) >= 11 is 0. The number of pyridine rings is 1. The molecule has 2 N–H and O–H groups in total. The zero-order chi connectivity index (χ0) is 11.4. The number of carbonyl (C=O) groups excluding carboxylic acids is 1. The molecule has 0 saturated carbocycles. The summed E-state index contributed by atoms with van der Waals surface area (Å²) in [5.74, 6) is -1.06. The first-order valence-electron chi connectivity index (χ1n) is 4.77. The van der Waals surface area contributed by atoms with Crippen molar-refractivity contribution in [2.45, 2.75) is 6.54 Å². The first-order valence-corrected chi connectivity index (χ1v) is 4.77. The van der Waals surface area contributed by atoms with Crippen molar-refractivity contribution < 1.29 is 9.18 Å².